The van der Waals surface area contributed by atoms with Crippen molar-refractivity contribution in [2.24, 2.45) is 5.92 Å². The first kappa shape index (κ1) is 30.6. The van der Waals surface area contributed by atoms with E-state index in [0.29, 0.717) is 36.6 Å². The lowest BCUT2D eigenvalue weighted by Gasteiger charge is -2.38. The fourth-order valence-corrected chi connectivity index (χ4v) is 5.09. The number of carbonyl (C=O) groups excluding carboxylic acids is 2. The first-order chi connectivity index (χ1) is 21.3. The number of hydrogen-bond acceptors (Lipinski definition) is 9. The summed E-state index contributed by atoms with van der Waals surface area (Å²) in [4.78, 5) is 30.1. The number of fused-ring (bicyclic) bond motifs is 1. The molecule has 1 aromatic heterocycles. The van der Waals surface area contributed by atoms with Gasteiger partial charge in [0.15, 0.2) is 0 Å². The highest BCUT2D eigenvalue weighted by Crippen LogP contribution is 2.31. The average molecular weight is 600 g/mol. The molecule has 0 aliphatic carbocycles. The molecule has 0 bridgehead atoms. The highest BCUT2D eigenvalue weighted by atomic mass is 16.5. The Morgan fingerprint density at radius 1 is 1.14 bits per heavy atom. The number of likely N-dealkylation sites (N-methyl/N-ethyl adjacent to an activating group) is 1. The molecule has 0 saturated heterocycles. The van der Waals surface area contributed by atoms with Crippen LogP contribution in [-0.2, 0) is 17.9 Å². The van der Waals surface area contributed by atoms with Crippen LogP contribution in [0, 0.1) is 5.92 Å². The van der Waals surface area contributed by atoms with Crippen molar-refractivity contribution in [3.8, 4) is 17.2 Å². The number of carbonyl (C=O) groups is 2. The smallest absolute Gasteiger partial charge is 0.258 e. The number of aliphatic hydroxyl groups excluding tert-OH is 1. The van der Waals surface area contributed by atoms with Crippen LogP contribution in [0.1, 0.15) is 29.8 Å². The normalized spacial score (nSPS) is 17.3. The zero-order chi connectivity index (χ0) is 31.1. The highest BCUT2D eigenvalue weighted by molar-refractivity contribution is 5.99. The van der Waals surface area contributed by atoms with Crippen molar-refractivity contribution in [2.45, 2.75) is 39.1 Å². The van der Waals surface area contributed by atoms with Crippen molar-refractivity contribution in [2.75, 3.05) is 32.1 Å². The maximum absolute atomic E-state index is 13.7. The van der Waals surface area contributed by atoms with Crippen LogP contribution < -0.4 is 14.8 Å². The maximum atomic E-state index is 13.7. The van der Waals surface area contributed by atoms with Gasteiger partial charge in [0.1, 0.15) is 36.2 Å². The van der Waals surface area contributed by atoms with E-state index >= 15 is 0 Å². The first-order valence-electron chi connectivity index (χ1n) is 14.5. The van der Waals surface area contributed by atoms with E-state index in [-0.39, 0.29) is 37.0 Å². The lowest BCUT2D eigenvalue weighted by Crippen LogP contribution is -2.49. The van der Waals surface area contributed by atoms with Crippen molar-refractivity contribution in [3.05, 3.63) is 90.3 Å². The second kappa shape index (κ2) is 14.1. The number of aliphatic hydroxyl groups is 1. The number of amides is 2. The van der Waals surface area contributed by atoms with Crippen molar-refractivity contribution in [1.29, 1.82) is 0 Å². The minimum atomic E-state index is -0.399. The zero-order valence-electron chi connectivity index (χ0n) is 25.0. The summed E-state index contributed by atoms with van der Waals surface area (Å²) in [5.74, 6) is 1.34. The Kier molecular flexibility index (Phi) is 9.82. The Bertz CT molecular complexity index is 1530. The Balaban J connectivity index is 1.29. The lowest BCUT2D eigenvalue weighted by molar-refractivity contribution is -0.116. The molecule has 12 heteroatoms. The molecule has 3 atom stereocenters. The molecule has 230 valence electrons. The van der Waals surface area contributed by atoms with Crippen LogP contribution in [0.4, 0.5) is 5.69 Å². The number of anilines is 1. The second-order valence-electron chi connectivity index (χ2n) is 11.1. The molecule has 0 unspecified atom stereocenters. The molecule has 2 amide bonds. The van der Waals surface area contributed by atoms with Gasteiger partial charge in [-0.3, -0.25) is 14.5 Å². The van der Waals surface area contributed by atoms with Gasteiger partial charge in [0, 0.05) is 31.2 Å². The molecule has 2 N–H and O–H groups in total. The fourth-order valence-electron chi connectivity index (χ4n) is 5.09. The van der Waals surface area contributed by atoms with Gasteiger partial charge < -0.3 is 24.8 Å². The van der Waals surface area contributed by atoms with Gasteiger partial charge in [-0.25, -0.2) is 4.68 Å². The summed E-state index contributed by atoms with van der Waals surface area (Å²) in [6.45, 7) is 5.31. The predicted molar refractivity (Wildman–Crippen MR) is 163 cm³/mol. The molecule has 5 rings (SSSR count). The summed E-state index contributed by atoms with van der Waals surface area (Å²) in [7, 11) is 2.03. The van der Waals surface area contributed by atoms with E-state index in [4.69, 9.17) is 9.47 Å². The molecule has 3 aromatic carbocycles. The van der Waals surface area contributed by atoms with Crippen molar-refractivity contribution in [3.63, 3.8) is 0 Å². The largest absolute Gasteiger partial charge is 0.488 e. The van der Waals surface area contributed by atoms with Crippen LogP contribution >= 0.6 is 0 Å². The third-order valence-electron chi connectivity index (χ3n) is 7.49. The molecule has 4 aromatic rings. The van der Waals surface area contributed by atoms with Gasteiger partial charge >= 0.3 is 0 Å². The number of rotatable bonds is 11. The average Bonchev–Trinajstić information content (AvgIpc) is 3.53. The molecular weight excluding hydrogens is 562 g/mol. The van der Waals surface area contributed by atoms with E-state index in [9.17, 15) is 14.7 Å². The minimum Gasteiger partial charge on any atom is -0.488 e. The van der Waals surface area contributed by atoms with E-state index < -0.39 is 6.04 Å². The highest BCUT2D eigenvalue weighted by Gasteiger charge is 2.33. The van der Waals surface area contributed by atoms with Crippen LogP contribution in [0.15, 0.2) is 79.1 Å². The monoisotopic (exact) mass is 599 g/mol. The van der Waals surface area contributed by atoms with Gasteiger partial charge in [0.2, 0.25) is 5.91 Å². The van der Waals surface area contributed by atoms with E-state index in [2.05, 4.69) is 32.7 Å². The van der Waals surface area contributed by atoms with Crippen LogP contribution in [-0.4, -0.2) is 85.8 Å². The summed E-state index contributed by atoms with van der Waals surface area (Å²) < 4.78 is 13.7. The summed E-state index contributed by atoms with van der Waals surface area (Å²) in [5, 5.41) is 23.5. The lowest BCUT2D eigenvalue weighted by atomic mass is 9.99. The Morgan fingerprint density at radius 2 is 1.89 bits per heavy atom. The van der Waals surface area contributed by atoms with Gasteiger partial charge in [-0.15, -0.1) is 5.10 Å². The molecular formula is C32H37N7O5. The molecule has 1 aliphatic rings. The minimum absolute atomic E-state index is 0.0270. The quantitative estimate of drug-likeness (QED) is 0.266. The number of hydrogen-bond donors (Lipinski definition) is 2. The number of benzene rings is 3. The van der Waals surface area contributed by atoms with Gasteiger partial charge in [-0.05, 0) is 72.4 Å². The van der Waals surface area contributed by atoms with Gasteiger partial charge in [0.25, 0.3) is 5.91 Å². The summed E-state index contributed by atoms with van der Waals surface area (Å²) in [6, 6.07) is 22.3. The van der Waals surface area contributed by atoms with Crippen molar-refractivity contribution >= 4 is 17.5 Å². The Labute approximate surface area is 256 Å². The zero-order valence-corrected chi connectivity index (χ0v) is 25.0. The fraction of sp³-hybridized carbons (Fsp3) is 0.344. The van der Waals surface area contributed by atoms with Crippen molar-refractivity contribution in [1.82, 2.24) is 30.0 Å². The molecule has 12 nitrogen and oxygen atoms in total. The van der Waals surface area contributed by atoms with Crippen molar-refractivity contribution < 1.29 is 24.2 Å². The first-order valence-corrected chi connectivity index (χ1v) is 14.5. The summed E-state index contributed by atoms with van der Waals surface area (Å²) in [5.41, 5.74) is 1.89. The number of nitrogens with one attached hydrogen (secondary N) is 1. The second-order valence-corrected chi connectivity index (χ2v) is 11.1. The molecule has 44 heavy (non-hydrogen) atoms. The summed E-state index contributed by atoms with van der Waals surface area (Å²) in [6.07, 6.45) is 1.10. The topological polar surface area (TPSA) is 135 Å². The number of ether oxygens (including phenoxy) is 2. The van der Waals surface area contributed by atoms with E-state index in [1.54, 1.807) is 23.1 Å². The predicted octanol–water partition coefficient (Wildman–Crippen LogP) is 3.46. The van der Waals surface area contributed by atoms with Crippen LogP contribution in [0.25, 0.3) is 0 Å². The van der Waals surface area contributed by atoms with Crippen LogP contribution in [0.2, 0.25) is 0 Å². The molecule has 0 radical (unpaired) electrons. The van der Waals surface area contributed by atoms with Gasteiger partial charge in [-0.1, -0.05) is 37.3 Å². The number of nitrogens with zero attached hydrogens (tertiary/aromatic N) is 6. The molecule has 1 aliphatic heterocycles. The van der Waals surface area contributed by atoms with E-state index in [1.807, 2.05) is 68.6 Å². The third kappa shape index (κ3) is 7.77. The number of aromatic nitrogens is 4. The third-order valence-corrected chi connectivity index (χ3v) is 7.49. The Hall–Kier alpha value is -4.81. The molecule has 0 spiro atoms. The molecule has 2 heterocycles. The van der Waals surface area contributed by atoms with Crippen LogP contribution in [0.3, 0.4) is 0 Å². The number of tetrazole rings is 1. The Morgan fingerprint density at radius 3 is 2.59 bits per heavy atom. The number of para-hydroxylation sites is 1. The SMILES string of the molecule is C[C@@H]1CN([C@@H](C)CO)C(=O)c2cc(NC(=O)Cn3cnnn3)ccc2O[C@H]1CN(C)Cc1ccc(Oc2ccccc2)cc1. The molecule has 0 fully saturated rings. The van der Waals surface area contributed by atoms with Crippen LogP contribution in [0.5, 0.6) is 17.2 Å². The van der Waals surface area contributed by atoms with E-state index in [1.165, 1.54) is 11.0 Å². The maximum Gasteiger partial charge on any atom is 0.258 e. The summed E-state index contributed by atoms with van der Waals surface area (Å²) >= 11 is 0. The van der Waals surface area contributed by atoms with E-state index in [0.717, 1.165) is 17.1 Å². The molecule has 0 saturated carbocycles. The standard InChI is InChI=1S/C32H37N7O5/c1-22-16-39(23(2)20-40)32(42)28-15-25(34-31(41)19-38-21-33-35-36-38)11-14-29(28)44-30(22)18-37(3)17-24-9-12-27(13-10-24)43-26-7-5-4-6-8-26/h4-15,21-23,30,40H,16-20H2,1-3H3,(H,34,41)/t22-,23+,30+/m1/s1. The van der Waals surface area contributed by atoms with Gasteiger partial charge in [-0.2, -0.15) is 0 Å². The van der Waals surface area contributed by atoms with Gasteiger partial charge in [0.05, 0.1) is 18.2 Å².